The van der Waals surface area contributed by atoms with Gasteiger partial charge in [0.15, 0.2) is 0 Å². The van der Waals surface area contributed by atoms with E-state index in [2.05, 4.69) is 39.0 Å². The van der Waals surface area contributed by atoms with Crippen LogP contribution in [0.5, 0.6) is 11.5 Å². The van der Waals surface area contributed by atoms with E-state index >= 15 is 0 Å². The van der Waals surface area contributed by atoms with E-state index in [1.165, 1.54) is 5.56 Å². The molecule has 0 aliphatic heterocycles. The van der Waals surface area contributed by atoms with E-state index in [9.17, 15) is 0 Å². The van der Waals surface area contributed by atoms with E-state index in [0.29, 0.717) is 5.92 Å². The predicted molar refractivity (Wildman–Crippen MR) is 84.4 cm³/mol. The zero-order valence-corrected chi connectivity index (χ0v) is 12.7. The molecule has 0 radical (unpaired) electrons. The van der Waals surface area contributed by atoms with Crippen LogP contribution < -0.4 is 10.5 Å². The van der Waals surface area contributed by atoms with Gasteiger partial charge in [-0.15, -0.1) is 0 Å². The van der Waals surface area contributed by atoms with E-state index in [4.69, 9.17) is 10.5 Å². The zero-order chi connectivity index (χ0) is 14.7. The molecule has 0 aromatic heterocycles. The number of benzene rings is 2. The average Bonchev–Trinajstić information content (AvgIpc) is 2.41. The van der Waals surface area contributed by atoms with Crippen molar-refractivity contribution < 1.29 is 4.74 Å². The number of rotatable bonds is 4. The van der Waals surface area contributed by atoms with Crippen LogP contribution in [0.4, 0.5) is 0 Å². The van der Waals surface area contributed by atoms with Gasteiger partial charge in [0.25, 0.3) is 0 Å². The first-order chi connectivity index (χ1) is 9.47. The Morgan fingerprint density at radius 2 is 1.50 bits per heavy atom. The molecule has 1 atom stereocenters. The van der Waals surface area contributed by atoms with Gasteiger partial charge in [0.2, 0.25) is 0 Å². The van der Waals surface area contributed by atoms with E-state index in [-0.39, 0.29) is 6.04 Å². The highest BCUT2D eigenvalue weighted by Crippen LogP contribution is 2.29. The molecular formula is C18H23NO. The maximum Gasteiger partial charge on any atom is 0.130 e. The van der Waals surface area contributed by atoms with Crippen LogP contribution in [-0.4, -0.2) is 0 Å². The Morgan fingerprint density at radius 3 is 2.05 bits per heavy atom. The molecule has 0 aliphatic rings. The summed E-state index contributed by atoms with van der Waals surface area (Å²) >= 11 is 0. The molecule has 0 bridgehead atoms. The highest BCUT2D eigenvalue weighted by molar-refractivity contribution is 5.41. The fourth-order valence-electron chi connectivity index (χ4n) is 2.05. The maximum absolute atomic E-state index is 5.99. The normalized spacial score (nSPS) is 12.5. The Morgan fingerprint density at radius 1 is 0.900 bits per heavy atom. The first-order valence-corrected chi connectivity index (χ1v) is 7.11. The van der Waals surface area contributed by atoms with Crippen molar-refractivity contribution in [3.05, 3.63) is 59.2 Å². The molecule has 2 heteroatoms. The summed E-state index contributed by atoms with van der Waals surface area (Å²) in [5.74, 6) is 2.27. The van der Waals surface area contributed by atoms with E-state index in [1.54, 1.807) is 0 Å². The third-order valence-corrected chi connectivity index (χ3v) is 3.51. The van der Waals surface area contributed by atoms with Crippen molar-refractivity contribution in [2.24, 2.45) is 5.73 Å². The first-order valence-electron chi connectivity index (χ1n) is 7.11. The molecule has 0 spiro atoms. The summed E-state index contributed by atoms with van der Waals surface area (Å²) in [6, 6.07) is 14.4. The van der Waals surface area contributed by atoms with Gasteiger partial charge in [-0.05, 0) is 54.7 Å². The fraction of sp³-hybridized carbons (Fsp3) is 0.333. The molecular weight excluding hydrogens is 246 g/mol. The average molecular weight is 269 g/mol. The summed E-state index contributed by atoms with van der Waals surface area (Å²) in [6.45, 7) is 8.42. The molecule has 0 amide bonds. The minimum Gasteiger partial charge on any atom is -0.457 e. The van der Waals surface area contributed by atoms with Gasteiger partial charge in [-0.3, -0.25) is 0 Å². The molecule has 0 heterocycles. The predicted octanol–water partition coefficient (Wildman–Crippen LogP) is 4.93. The van der Waals surface area contributed by atoms with E-state index < -0.39 is 0 Å². The Kier molecular flexibility index (Phi) is 4.46. The van der Waals surface area contributed by atoms with Crippen molar-refractivity contribution in [3.8, 4) is 11.5 Å². The van der Waals surface area contributed by atoms with Crippen molar-refractivity contribution >= 4 is 0 Å². The van der Waals surface area contributed by atoms with Gasteiger partial charge in [0.05, 0.1) is 0 Å². The second kappa shape index (κ2) is 6.10. The standard InChI is InChI=1S/C18H23NO/c1-12(2)16-6-5-13(3)18(11-16)20-17-9-7-15(8-10-17)14(4)19/h5-12,14H,19H2,1-4H3/t14-/m1/s1. The van der Waals surface area contributed by atoms with E-state index in [0.717, 1.165) is 22.6 Å². The van der Waals surface area contributed by atoms with Crippen LogP contribution in [0, 0.1) is 6.92 Å². The van der Waals surface area contributed by atoms with Crippen LogP contribution in [0.15, 0.2) is 42.5 Å². The summed E-state index contributed by atoms with van der Waals surface area (Å²) in [7, 11) is 0. The van der Waals surface area contributed by atoms with Crippen LogP contribution in [0.1, 0.15) is 49.4 Å². The summed E-state index contributed by atoms with van der Waals surface area (Å²) in [6.07, 6.45) is 0. The van der Waals surface area contributed by atoms with Gasteiger partial charge in [-0.2, -0.15) is 0 Å². The minimum absolute atomic E-state index is 0.0510. The van der Waals surface area contributed by atoms with Crippen LogP contribution in [0.3, 0.4) is 0 Å². The summed E-state index contributed by atoms with van der Waals surface area (Å²) in [5.41, 5.74) is 9.40. The molecule has 0 aliphatic carbocycles. The second-order valence-electron chi connectivity index (χ2n) is 5.64. The van der Waals surface area contributed by atoms with E-state index in [1.807, 2.05) is 31.2 Å². The van der Waals surface area contributed by atoms with Crippen molar-refractivity contribution in [3.63, 3.8) is 0 Å². The number of hydrogen-bond acceptors (Lipinski definition) is 2. The van der Waals surface area contributed by atoms with Crippen molar-refractivity contribution in [2.75, 3.05) is 0 Å². The molecule has 2 aromatic carbocycles. The lowest BCUT2D eigenvalue weighted by molar-refractivity contribution is 0.477. The van der Waals surface area contributed by atoms with Gasteiger partial charge in [0.1, 0.15) is 11.5 Å². The minimum atomic E-state index is 0.0510. The van der Waals surface area contributed by atoms with Gasteiger partial charge < -0.3 is 10.5 Å². The molecule has 2 aromatic rings. The Balaban J connectivity index is 2.23. The number of nitrogens with two attached hydrogens (primary N) is 1. The number of ether oxygens (including phenoxy) is 1. The van der Waals surface area contributed by atoms with Crippen LogP contribution in [0.2, 0.25) is 0 Å². The zero-order valence-electron chi connectivity index (χ0n) is 12.7. The summed E-state index contributed by atoms with van der Waals surface area (Å²) < 4.78 is 5.99. The lowest BCUT2D eigenvalue weighted by Crippen LogP contribution is -2.04. The monoisotopic (exact) mass is 269 g/mol. The highest BCUT2D eigenvalue weighted by Gasteiger charge is 2.06. The maximum atomic E-state index is 5.99. The lowest BCUT2D eigenvalue weighted by Gasteiger charge is -2.13. The molecule has 2 nitrogen and oxygen atoms in total. The van der Waals surface area contributed by atoms with Crippen LogP contribution in [0.25, 0.3) is 0 Å². The van der Waals surface area contributed by atoms with Gasteiger partial charge in [-0.1, -0.05) is 38.1 Å². The van der Waals surface area contributed by atoms with Crippen LogP contribution >= 0.6 is 0 Å². The third kappa shape index (κ3) is 3.40. The second-order valence-corrected chi connectivity index (χ2v) is 5.64. The van der Waals surface area contributed by atoms with Gasteiger partial charge >= 0.3 is 0 Å². The molecule has 2 N–H and O–H groups in total. The van der Waals surface area contributed by atoms with Gasteiger partial charge in [-0.25, -0.2) is 0 Å². The molecule has 0 saturated heterocycles. The van der Waals surface area contributed by atoms with Gasteiger partial charge in [0, 0.05) is 6.04 Å². The summed E-state index contributed by atoms with van der Waals surface area (Å²) in [4.78, 5) is 0. The molecule has 2 rings (SSSR count). The molecule has 106 valence electrons. The Bertz CT molecular complexity index is 570. The summed E-state index contributed by atoms with van der Waals surface area (Å²) in [5, 5.41) is 0. The lowest BCUT2D eigenvalue weighted by atomic mass is 10.0. The third-order valence-electron chi connectivity index (χ3n) is 3.51. The van der Waals surface area contributed by atoms with Crippen LogP contribution in [-0.2, 0) is 0 Å². The quantitative estimate of drug-likeness (QED) is 0.854. The van der Waals surface area contributed by atoms with Crippen molar-refractivity contribution in [1.82, 2.24) is 0 Å². The highest BCUT2D eigenvalue weighted by atomic mass is 16.5. The van der Waals surface area contributed by atoms with Crippen molar-refractivity contribution in [1.29, 1.82) is 0 Å². The fourth-order valence-corrected chi connectivity index (χ4v) is 2.05. The molecule has 0 fully saturated rings. The van der Waals surface area contributed by atoms with Crippen molar-refractivity contribution in [2.45, 2.75) is 39.7 Å². The smallest absolute Gasteiger partial charge is 0.130 e. The number of aryl methyl sites for hydroxylation is 1. The molecule has 0 unspecified atom stereocenters. The largest absolute Gasteiger partial charge is 0.457 e. The first kappa shape index (κ1) is 14.6. The molecule has 0 saturated carbocycles. The topological polar surface area (TPSA) is 35.2 Å². The molecule has 20 heavy (non-hydrogen) atoms. The SMILES string of the molecule is Cc1ccc(C(C)C)cc1Oc1ccc([C@@H](C)N)cc1. The number of hydrogen-bond donors (Lipinski definition) is 1. The Hall–Kier alpha value is -1.80. The Labute approximate surface area is 121 Å².